The summed E-state index contributed by atoms with van der Waals surface area (Å²) in [5.41, 5.74) is 0. The molecule has 0 unspecified atom stereocenters. The smallest absolute Gasteiger partial charge is 0.245 e. The molecule has 0 bridgehead atoms. The Morgan fingerprint density at radius 2 is 2.07 bits per heavy atom. The normalized spacial score (nSPS) is 10.5. The molecule has 0 saturated heterocycles. The second-order valence-corrected chi connectivity index (χ2v) is 4.45. The third-order valence-electron chi connectivity index (χ3n) is 1.68. The van der Waals surface area contributed by atoms with Crippen LogP contribution < -0.4 is 4.72 Å². The van der Waals surface area contributed by atoms with Gasteiger partial charge in [0.15, 0.2) is 0 Å². The van der Waals surface area contributed by atoms with Crippen molar-refractivity contribution in [1.29, 1.82) is 0 Å². The molecule has 80 valence electrons. The Labute approximate surface area is 89.0 Å². The van der Waals surface area contributed by atoms with Crippen molar-refractivity contribution < 1.29 is 13.5 Å². The lowest BCUT2D eigenvalue weighted by atomic mass is 10.3. The van der Waals surface area contributed by atoms with E-state index in [0.29, 0.717) is 0 Å². The standard InChI is InChI=1S/C10H11NO3S/c1-2-3-8-11-15(13,14)10-7-5-4-6-9(10)12/h4-7,11-12H,8H2,1H3. The lowest BCUT2D eigenvalue weighted by Gasteiger charge is -2.05. The summed E-state index contributed by atoms with van der Waals surface area (Å²) >= 11 is 0. The zero-order chi connectivity index (χ0) is 11.3. The van der Waals surface area contributed by atoms with Crippen LogP contribution in [-0.2, 0) is 10.0 Å². The Balaban J connectivity index is 2.95. The first-order valence-electron chi connectivity index (χ1n) is 4.25. The van der Waals surface area contributed by atoms with Gasteiger partial charge in [0, 0.05) is 0 Å². The highest BCUT2D eigenvalue weighted by Gasteiger charge is 2.16. The summed E-state index contributed by atoms with van der Waals surface area (Å²) in [6.45, 7) is 1.65. The monoisotopic (exact) mass is 225 g/mol. The number of sulfonamides is 1. The van der Waals surface area contributed by atoms with E-state index in [2.05, 4.69) is 16.6 Å². The highest BCUT2D eigenvalue weighted by Crippen LogP contribution is 2.20. The van der Waals surface area contributed by atoms with Crippen LogP contribution in [0.15, 0.2) is 29.2 Å². The molecule has 0 aliphatic carbocycles. The van der Waals surface area contributed by atoms with Gasteiger partial charge < -0.3 is 5.11 Å². The maximum absolute atomic E-state index is 11.6. The number of aromatic hydroxyl groups is 1. The highest BCUT2D eigenvalue weighted by molar-refractivity contribution is 7.89. The second-order valence-electron chi connectivity index (χ2n) is 2.72. The molecule has 0 aliphatic rings. The molecule has 0 aliphatic heterocycles. The molecule has 1 aromatic rings. The third kappa shape index (κ3) is 2.98. The first-order chi connectivity index (χ1) is 7.08. The van der Waals surface area contributed by atoms with Gasteiger partial charge in [-0.25, -0.2) is 8.42 Å². The number of phenols is 1. The fourth-order valence-corrected chi connectivity index (χ4v) is 2.00. The van der Waals surface area contributed by atoms with Crippen LogP contribution in [0.2, 0.25) is 0 Å². The number of hydrogen-bond donors (Lipinski definition) is 2. The highest BCUT2D eigenvalue weighted by atomic mass is 32.2. The van der Waals surface area contributed by atoms with Gasteiger partial charge in [-0.1, -0.05) is 18.1 Å². The van der Waals surface area contributed by atoms with Crippen molar-refractivity contribution in [2.24, 2.45) is 0 Å². The number of phenolic OH excluding ortho intramolecular Hbond substituents is 1. The fraction of sp³-hybridized carbons (Fsp3) is 0.200. The van der Waals surface area contributed by atoms with Gasteiger partial charge in [-0.2, -0.15) is 4.72 Å². The molecule has 15 heavy (non-hydrogen) atoms. The van der Waals surface area contributed by atoms with Gasteiger partial charge in [-0.05, 0) is 19.1 Å². The molecule has 0 radical (unpaired) electrons. The zero-order valence-electron chi connectivity index (χ0n) is 8.19. The molecule has 2 N–H and O–H groups in total. The first-order valence-corrected chi connectivity index (χ1v) is 5.73. The number of hydrogen-bond acceptors (Lipinski definition) is 3. The summed E-state index contributed by atoms with van der Waals surface area (Å²) in [5, 5.41) is 9.35. The molecule has 0 spiro atoms. The van der Waals surface area contributed by atoms with Gasteiger partial charge in [-0.15, -0.1) is 5.92 Å². The van der Waals surface area contributed by atoms with Gasteiger partial charge in [0.25, 0.3) is 0 Å². The quantitative estimate of drug-likeness (QED) is 0.744. The predicted molar refractivity (Wildman–Crippen MR) is 56.7 cm³/mol. The Hall–Kier alpha value is -1.51. The summed E-state index contributed by atoms with van der Waals surface area (Å²) < 4.78 is 25.4. The summed E-state index contributed by atoms with van der Waals surface area (Å²) in [4.78, 5) is -0.136. The molecule has 0 fully saturated rings. The number of benzene rings is 1. The molecule has 5 heteroatoms. The van der Waals surface area contributed by atoms with Gasteiger partial charge >= 0.3 is 0 Å². The molecular weight excluding hydrogens is 214 g/mol. The van der Waals surface area contributed by atoms with E-state index >= 15 is 0 Å². The Morgan fingerprint density at radius 3 is 2.67 bits per heavy atom. The molecule has 0 saturated carbocycles. The summed E-state index contributed by atoms with van der Waals surface area (Å²) in [7, 11) is -3.67. The van der Waals surface area contributed by atoms with E-state index in [1.807, 2.05) is 0 Å². The average Bonchev–Trinajstić information content (AvgIpc) is 2.18. The van der Waals surface area contributed by atoms with E-state index in [1.165, 1.54) is 12.1 Å². The number of para-hydroxylation sites is 1. The SMILES string of the molecule is CC#CCNS(=O)(=O)c1ccccc1O. The minimum atomic E-state index is -3.67. The van der Waals surface area contributed by atoms with Crippen molar-refractivity contribution in [3.63, 3.8) is 0 Å². The fourth-order valence-electron chi connectivity index (χ4n) is 0.982. The average molecular weight is 225 g/mol. The van der Waals surface area contributed by atoms with Crippen LogP contribution in [0.4, 0.5) is 0 Å². The molecule has 0 aromatic heterocycles. The first kappa shape index (κ1) is 11.6. The molecule has 4 nitrogen and oxygen atoms in total. The van der Waals surface area contributed by atoms with E-state index in [-0.39, 0.29) is 17.2 Å². The Kier molecular flexibility index (Phi) is 3.72. The molecule has 1 rings (SSSR count). The van der Waals surface area contributed by atoms with Crippen LogP contribution in [0.1, 0.15) is 6.92 Å². The summed E-state index contributed by atoms with van der Waals surface area (Å²) in [6.07, 6.45) is 0. The van der Waals surface area contributed by atoms with Crippen LogP contribution in [0.5, 0.6) is 5.75 Å². The van der Waals surface area contributed by atoms with E-state index < -0.39 is 10.0 Å². The molecule has 1 aromatic carbocycles. The van der Waals surface area contributed by atoms with Crippen LogP contribution >= 0.6 is 0 Å². The van der Waals surface area contributed by atoms with Gasteiger partial charge in [0.1, 0.15) is 10.6 Å². The van der Waals surface area contributed by atoms with Crippen molar-refractivity contribution in [2.75, 3.05) is 6.54 Å². The van der Waals surface area contributed by atoms with Gasteiger partial charge in [-0.3, -0.25) is 0 Å². The molecule has 0 atom stereocenters. The van der Waals surface area contributed by atoms with E-state index in [0.717, 1.165) is 0 Å². The minimum Gasteiger partial charge on any atom is -0.507 e. The lowest BCUT2D eigenvalue weighted by molar-refractivity contribution is 0.458. The van der Waals surface area contributed by atoms with E-state index in [4.69, 9.17) is 0 Å². The molecule has 0 heterocycles. The number of rotatable bonds is 3. The van der Waals surface area contributed by atoms with Crippen LogP contribution in [0.25, 0.3) is 0 Å². The predicted octanol–water partition coefficient (Wildman–Crippen LogP) is 0.694. The summed E-state index contributed by atoms with van der Waals surface area (Å²) in [6, 6.07) is 5.75. The molecule has 0 amide bonds. The van der Waals surface area contributed by atoms with Gasteiger partial charge in [0.2, 0.25) is 10.0 Å². The Bertz CT molecular complexity index is 497. The van der Waals surface area contributed by atoms with Crippen LogP contribution in [0.3, 0.4) is 0 Å². The maximum Gasteiger partial charge on any atom is 0.245 e. The van der Waals surface area contributed by atoms with Gasteiger partial charge in [0.05, 0.1) is 6.54 Å². The van der Waals surface area contributed by atoms with Crippen molar-refractivity contribution in [2.45, 2.75) is 11.8 Å². The topological polar surface area (TPSA) is 66.4 Å². The second kappa shape index (κ2) is 4.82. The van der Waals surface area contributed by atoms with E-state index in [9.17, 15) is 13.5 Å². The van der Waals surface area contributed by atoms with E-state index in [1.54, 1.807) is 19.1 Å². The molecular formula is C10H11NO3S. The van der Waals surface area contributed by atoms with Crippen LogP contribution in [0, 0.1) is 11.8 Å². The lowest BCUT2D eigenvalue weighted by Crippen LogP contribution is -2.24. The van der Waals surface area contributed by atoms with Crippen molar-refractivity contribution in [3.05, 3.63) is 24.3 Å². The maximum atomic E-state index is 11.6. The number of nitrogens with one attached hydrogen (secondary N) is 1. The minimum absolute atomic E-state index is 0.0349. The third-order valence-corrected chi connectivity index (χ3v) is 3.13. The van der Waals surface area contributed by atoms with Crippen molar-refractivity contribution >= 4 is 10.0 Å². The largest absolute Gasteiger partial charge is 0.507 e. The Morgan fingerprint density at radius 1 is 1.40 bits per heavy atom. The van der Waals surface area contributed by atoms with Crippen LogP contribution in [-0.4, -0.2) is 20.1 Å². The zero-order valence-corrected chi connectivity index (χ0v) is 9.00. The van der Waals surface area contributed by atoms with Crippen molar-refractivity contribution in [1.82, 2.24) is 4.72 Å². The summed E-state index contributed by atoms with van der Waals surface area (Å²) in [5.74, 6) is 4.87. The van der Waals surface area contributed by atoms with Crippen molar-refractivity contribution in [3.8, 4) is 17.6 Å².